The molecule has 2 aromatic carbocycles. The summed E-state index contributed by atoms with van der Waals surface area (Å²) in [6.45, 7) is 4.31. The van der Waals surface area contributed by atoms with Crippen LogP contribution in [0, 0.1) is 17.8 Å². The number of fused-ring (bicyclic) bond motifs is 3. The fraction of sp³-hybridized carbons (Fsp3) is 0.464. The van der Waals surface area contributed by atoms with E-state index in [0.29, 0.717) is 34.9 Å². The van der Waals surface area contributed by atoms with E-state index >= 15 is 0 Å². The van der Waals surface area contributed by atoms with Crippen LogP contribution < -0.4 is 16.0 Å². The number of thioether (sulfide) groups is 1. The smallest absolute Gasteiger partial charge is 0.262 e. The summed E-state index contributed by atoms with van der Waals surface area (Å²) >= 11 is 1.29. The van der Waals surface area contributed by atoms with Crippen LogP contribution in [0.1, 0.15) is 45.1 Å². The number of hydrogen-bond donors (Lipinski definition) is 2. The maximum Gasteiger partial charge on any atom is 0.262 e. The molecule has 2 aliphatic carbocycles. The van der Waals surface area contributed by atoms with Crippen molar-refractivity contribution in [2.75, 3.05) is 0 Å². The van der Waals surface area contributed by atoms with Crippen LogP contribution in [-0.2, 0) is 27.8 Å². The molecule has 10 heteroatoms. The molecule has 8 nitrogen and oxygen atoms in total. The Balaban J connectivity index is 1.33. The molecule has 1 heterocycles. The number of carbonyl (C=O) groups is 1. The first kappa shape index (κ1) is 26.9. The number of primary sulfonamides is 1. The Kier molecular flexibility index (Phi) is 7.66. The normalized spacial score (nSPS) is 22.4. The van der Waals surface area contributed by atoms with Crippen molar-refractivity contribution in [1.29, 1.82) is 0 Å². The van der Waals surface area contributed by atoms with Gasteiger partial charge in [-0.3, -0.25) is 14.2 Å². The Labute approximate surface area is 227 Å². The Morgan fingerprint density at radius 1 is 1.13 bits per heavy atom. The number of carbonyl (C=O) groups excluding carboxylic acids is 1. The van der Waals surface area contributed by atoms with Gasteiger partial charge in [0.2, 0.25) is 15.9 Å². The number of nitrogens with one attached hydrogen (secondary N) is 1. The summed E-state index contributed by atoms with van der Waals surface area (Å²) in [7, 11) is -3.77. The van der Waals surface area contributed by atoms with Gasteiger partial charge in [0, 0.05) is 12.6 Å². The molecule has 0 aliphatic heterocycles. The molecule has 2 fully saturated rings. The summed E-state index contributed by atoms with van der Waals surface area (Å²) < 4.78 is 24.7. The first-order valence-electron chi connectivity index (χ1n) is 13.2. The molecular weight excluding hydrogens is 520 g/mol. The Morgan fingerprint density at radius 2 is 1.87 bits per heavy atom. The van der Waals surface area contributed by atoms with Gasteiger partial charge in [-0.15, -0.1) is 0 Å². The molecule has 5 rings (SSSR count). The predicted molar refractivity (Wildman–Crippen MR) is 149 cm³/mol. The number of benzene rings is 2. The van der Waals surface area contributed by atoms with E-state index in [0.717, 1.165) is 17.4 Å². The zero-order valence-electron chi connectivity index (χ0n) is 21.7. The van der Waals surface area contributed by atoms with Crippen LogP contribution in [0.5, 0.6) is 0 Å². The lowest BCUT2D eigenvalue weighted by Crippen LogP contribution is -2.43. The van der Waals surface area contributed by atoms with Crippen molar-refractivity contribution in [3.8, 4) is 0 Å². The fourth-order valence-corrected chi connectivity index (χ4v) is 7.55. The molecule has 1 amide bonds. The molecule has 2 bridgehead atoms. The van der Waals surface area contributed by atoms with Crippen molar-refractivity contribution in [1.82, 2.24) is 14.9 Å². The van der Waals surface area contributed by atoms with Gasteiger partial charge in [0.25, 0.3) is 5.56 Å². The average Bonchev–Trinajstić information content (AvgIpc) is 3.52. The number of hydrogen-bond acceptors (Lipinski definition) is 6. The van der Waals surface area contributed by atoms with Crippen molar-refractivity contribution in [2.24, 2.45) is 22.9 Å². The highest BCUT2D eigenvalue weighted by Crippen LogP contribution is 2.49. The van der Waals surface area contributed by atoms with Crippen LogP contribution in [0.4, 0.5) is 0 Å². The van der Waals surface area contributed by atoms with Crippen molar-refractivity contribution < 1.29 is 13.2 Å². The third-order valence-electron chi connectivity index (χ3n) is 8.16. The lowest BCUT2D eigenvalue weighted by molar-refractivity contribution is -0.121. The van der Waals surface area contributed by atoms with E-state index in [2.05, 4.69) is 12.2 Å². The largest absolute Gasteiger partial charge is 0.352 e. The molecule has 2 saturated carbocycles. The van der Waals surface area contributed by atoms with Gasteiger partial charge in [-0.25, -0.2) is 18.5 Å². The van der Waals surface area contributed by atoms with Crippen LogP contribution in [0.2, 0.25) is 0 Å². The lowest BCUT2D eigenvalue weighted by Gasteiger charge is -2.29. The molecule has 0 spiro atoms. The minimum absolute atomic E-state index is 0.0431. The predicted octanol–water partition coefficient (Wildman–Crippen LogP) is 3.71. The number of amides is 1. The van der Waals surface area contributed by atoms with Crippen LogP contribution in [0.15, 0.2) is 63.4 Å². The van der Waals surface area contributed by atoms with Gasteiger partial charge < -0.3 is 5.32 Å². The second-order valence-corrected chi connectivity index (χ2v) is 13.6. The monoisotopic (exact) mass is 554 g/mol. The summed E-state index contributed by atoms with van der Waals surface area (Å²) in [6.07, 6.45) is 5.60. The number of nitrogens with two attached hydrogens (primary N) is 1. The quantitative estimate of drug-likeness (QED) is 0.307. The topological polar surface area (TPSA) is 124 Å². The van der Waals surface area contributed by atoms with Gasteiger partial charge in [0.1, 0.15) is 0 Å². The van der Waals surface area contributed by atoms with Crippen molar-refractivity contribution >= 4 is 38.6 Å². The molecule has 3 N–H and O–H groups in total. The number of para-hydroxylation sites is 1. The van der Waals surface area contributed by atoms with Crippen molar-refractivity contribution in [3.63, 3.8) is 0 Å². The van der Waals surface area contributed by atoms with Gasteiger partial charge in [-0.2, -0.15) is 0 Å². The molecule has 0 saturated heterocycles. The summed E-state index contributed by atoms with van der Waals surface area (Å²) in [5, 5.41) is 9.02. The van der Waals surface area contributed by atoms with E-state index in [1.807, 2.05) is 19.1 Å². The second-order valence-electron chi connectivity index (χ2n) is 10.7. The summed E-state index contributed by atoms with van der Waals surface area (Å²) in [5.41, 5.74) is 1.29. The van der Waals surface area contributed by atoms with Crippen molar-refractivity contribution in [3.05, 3.63) is 64.4 Å². The third kappa shape index (κ3) is 5.67. The van der Waals surface area contributed by atoms with Crippen molar-refractivity contribution in [2.45, 2.75) is 73.8 Å². The average molecular weight is 555 g/mol. The van der Waals surface area contributed by atoms with E-state index in [1.54, 1.807) is 28.8 Å². The zero-order chi connectivity index (χ0) is 27.0. The molecule has 38 heavy (non-hydrogen) atoms. The minimum atomic E-state index is -3.77. The summed E-state index contributed by atoms with van der Waals surface area (Å²) in [4.78, 5) is 31.4. The van der Waals surface area contributed by atoms with Crippen LogP contribution >= 0.6 is 11.8 Å². The van der Waals surface area contributed by atoms with Gasteiger partial charge in [-0.1, -0.05) is 42.4 Å². The number of nitrogens with zero attached hydrogens (tertiary/aromatic N) is 2. The molecule has 1 aromatic heterocycles. The summed E-state index contributed by atoms with van der Waals surface area (Å²) in [5.74, 6) is 2.05. The van der Waals surface area contributed by atoms with Gasteiger partial charge in [0.05, 0.1) is 21.0 Å². The first-order chi connectivity index (χ1) is 18.1. The standard InChI is InChI=1S/C28H34N4O4S2/c1-17(24-16-20-7-10-21(24)15-20)30-26(33)18(2)37-28-31-25-6-4-3-5-23(25)27(34)32(28)14-13-19-8-11-22(12-9-19)38(29,35)36/h3-6,8-9,11-12,17-18,20-21,24H,7,10,13-16H2,1-2H3,(H,30,33)(H2,29,35,36)/t17-,18+,20-,21-,24+/m1/s1. The number of aromatic nitrogens is 2. The van der Waals surface area contributed by atoms with Crippen LogP contribution in [-0.4, -0.2) is 35.2 Å². The molecule has 2 aliphatic rings. The Hall–Kier alpha value is -2.69. The van der Waals surface area contributed by atoms with E-state index in [9.17, 15) is 18.0 Å². The highest BCUT2D eigenvalue weighted by atomic mass is 32.2. The molecule has 0 radical (unpaired) electrons. The second kappa shape index (κ2) is 10.8. The fourth-order valence-electron chi connectivity index (χ4n) is 6.09. The number of rotatable bonds is 9. The minimum Gasteiger partial charge on any atom is -0.352 e. The zero-order valence-corrected chi connectivity index (χ0v) is 23.3. The van der Waals surface area contributed by atoms with Crippen LogP contribution in [0.3, 0.4) is 0 Å². The molecule has 202 valence electrons. The van der Waals surface area contributed by atoms with E-state index in [4.69, 9.17) is 10.1 Å². The van der Waals surface area contributed by atoms with Gasteiger partial charge >= 0.3 is 0 Å². The third-order valence-corrected chi connectivity index (χ3v) is 10.2. The first-order valence-corrected chi connectivity index (χ1v) is 15.6. The molecule has 3 aromatic rings. The van der Waals surface area contributed by atoms with E-state index in [1.165, 1.54) is 49.6 Å². The lowest BCUT2D eigenvalue weighted by atomic mass is 9.84. The van der Waals surface area contributed by atoms with Gasteiger partial charge in [-0.05, 0) is 87.1 Å². The van der Waals surface area contributed by atoms with E-state index < -0.39 is 15.3 Å². The Morgan fingerprint density at radius 3 is 2.53 bits per heavy atom. The highest BCUT2D eigenvalue weighted by molar-refractivity contribution is 8.00. The van der Waals surface area contributed by atoms with E-state index in [-0.39, 0.29) is 22.4 Å². The molecular formula is C28H34N4O4S2. The molecule has 5 atom stereocenters. The maximum absolute atomic E-state index is 13.4. The number of aryl methyl sites for hydroxylation is 1. The summed E-state index contributed by atoms with van der Waals surface area (Å²) in [6, 6.07) is 13.7. The highest BCUT2D eigenvalue weighted by Gasteiger charge is 2.42. The molecule has 0 unspecified atom stereocenters. The SMILES string of the molecule is C[C@H](Sc1nc2ccccc2c(=O)n1CCc1ccc(S(N)(=O)=O)cc1)C(=O)N[C@H](C)[C@@H]1C[C@@H]2CC[C@@H]1C2. The Bertz CT molecular complexity index is 1500. The maximum atomic E-state index is 13.4. The van der Waals surface area contributed by atoms with Crippen LogP contribution in [0.25, 0.3) is 10.9 Å². The van der Waals surface area contributed by atoms with Gasteiger partial charge in [0.15, 0.2) is 5.16 Å². The number of sulfonamides is 1.